The Labute approximate surface area is 554 Å². The maximum Gasteiger partial charge on any atom is 0.217 e. The summed E-state index contributed by atoms with van der Waals surface area (Å²) in [5.74, 6) is -2.23. The molecule has 6 rings (SSSR count). The first-order chi connectivity index (χ1) is 45.8. The lowest BCUT2D eigenvalue weighted by atomic mass is 9.93. The van der Waals surface area contributed by atoms with Gasteiger partial charge in [-0.3, -0.25) is 14.4 Å². The topological polar surface area (TPSA) is 562 Å². The number of rotatable bonds is 36. The van der Waals surface area contributed by atoms with Crippen molar-refractivity contribution in [1.82, 2.24) is 16.0 Å². The summed E-state index contributed by atoms with van der Waals surface area (Å²) in [7, 11) is 0. The highest BCUT2D eigenvalue weighted by Crippen LogP contribution is 2.37. The molecular weight excluding hydrogens is 1290 g/mol. The molecule has 0 aromatic carbocycles. The van der Waals surface area contributed by atoms with Crippen molar-refractivity contribution in [3.05, 3.63) is 12.2 Å². The lowest BCUT2D eigenvalue weighted by Gasteiger charge is -2.51. The number of aliphatic hydroxyl groups excluding tert-OH is 18. The average molecular weight is 1400 g/mol. The Bertz CT molecular complexity index is 2310. The molecule has 0 aromatic rings. The molecule has 6 aliphatic heterocycles. The molecule has 0 spiro atoms. The summed E-state index contributed by atoms with van der Waals surface area (Å²) < 4.78 is 69.9. The molecule has 36 heteroatoms. The van der Waals surface area contributed by atoms with E-state index in [-0.39, 0.29) is 0 Å². The number of nitrogens with one attached hydrogen (secondary N) is 3. The Morgan fingerprint density at radius 3 is 1.12 bits per heavy atom. The van der Waals surface area contributed by atoms with Crippen LogP contribution >= 0.6 is 0 Å². The van der Waals surface area contributed by atoms with Crippen molar-refractivity contribution in [2.45, 2.75) is 301 Å². The van der Waals surface area contributed by atoms with Gasteiger partial charge in [-0.05, 0) is 12.8 Å². The summed E-state index contributed by atoms with van der Waals surface area (Å²) in [6, 6.07) is -4.66. The summed E-state index contributed by atoms with van der Waals surface area (Å²) in [6.45, 7) is -0.982. The van der Waals surface area contributed by atoms with Crippen LogP contribution in [-0.2, 0) is 71.2 Å². The normalized spacial score (nSPS) is 41.4. The Kier molecular flexibility index (Phi) is 34.1. The lowest BCUT2D eigenvalue weighted by molar-refractivity contribution is -0.387. The zero-order valence-corrected chi connectivity index (χ0v) is 54.2. The highest BCUT2D eigenvalue weighted by atomic mass is 16.8. The van der Waals surface area contributed by atoms with Crippen molar-refractivity contribution in [2.75, 3.05) is 46.2 Å². The third kappa shape index (κ3) is 21.5. The van der Waals surface area contributed by atoms with E-state index in [2.05, 4.69) is 22.9 Å². The fraction of sp³-hybridized carbons (Fsp3) is 0.917. The molecule has 6 fully saturated rings. The van der Waals surface area contributed by atoms with Crippen molar-refractivity contribution in [3.8, 4) is 0 Å². The molecule has 0 aliphatic carbocycles. The molecule has 0 aromatic heterocycles. The van der Waals surface area contributed by atoms with Crippen molar-refractivity contribution in [3.63, 3.8) is 0 Å². The Morgan fingerprint density at radius 1 is 0.385 bits per heavy atom. The number of amides is 3. The van der Waals surface area contributed by atoms with Gasteiger partial charge in [0.2, 0.25) is 17.7 Å². The van der Waals surface area contributed by atoms with Crippen LogP contribution < -0.4 is 16.0 Å². The number of ether oxygens (including phenoxy) is 12. The van der Waals surface area contributed by atoms with Crippen molar-refractivity contribution >= 4 is 17.7 Å². The fourth-order valence-corrected chi connectivity index (χ4v) is 12.4. The van der Waals surface area contributed by atoms with Crippen LogP contribution in [0.5, 0.6) is 0 Å². The number of carbonyl (C=O) groups is 3. The Morgan fingerprint density at radius 2 is 0.729 bits per heavy atom. The van der Waals surface area contributed by atoms with Crippen LogP contribution in [0.25, 0.3) is 0 Å². The predicted molar refractivity (Wildman–Crippen MR) is 320 cm³/mol. The van der Waals surface area contributed by atoms with Crippen LogP contribution in [0.1, 0.15) is 105 Å². The average Bonchev–Trinajstić information content (AvgIpc) is 0.780. The molecular formula is C60H105N3O33. The van der Waals surface area contributed by atoms with Gasteiger partial charge in [0.1, 0.15) is 146 Å². The van der Waals surface area contributed by atoms with E-state index in [1.165, 1.54) is 57.9 Å². The van der Waals surface area contributed by atoms with Gasteiger partial charge >= 0.3 is 0 Å². The largest absolute Gasteiger partial charge is 0.394 e. The lowest BCUT2D eigenvalue weighted by Crippen LogP contribution is -2.70. The molecule has 0 bridgehead atoms. The van der Waals surface area contributed by atoms with E-state index in [0.29, 0.717) is 6.42 Å². The molecule has 96 heavy (non-hydrogen) atoms. The van der Waals surface area contributed by atoms with Crippen molar-refractivity contribution in [1.29, 1.82) is 0 Å². The third-order valence-electron chi connectivity index (χ3n) is 17.8. The Balaban J connectivity index is 1.11. The molecule has 6 heterocycles. The standard InChI is InChI=1S/C60H105N3O33/c1-5-6-7-8-9-10-11-12-13-14-15-16-17-18-30(73)29(61-26(2)70)25-85-57-47(82)45(80)52(36(24-69)91-57)94-60-49(84)54(41(76)33(21-66)88-60)96-56-38(63-28(4)72)43(78)51(35(23-68)90-56)93-59-48(83)53(40(75)32(20-65)87-59)95-55-37(62-27(3)71)42(77)50(34(22-67)89-55)92-58-46(81)44(79)39(74)31(19-64)86-58/h17-18,29-60,64-69,73-84H,5-16,19-25H2,1-4H3,(H,61,70)(H,62,71)(H,63,72)/b18-17-/t29-,30+,31+,32+,33+,34+,35+,36+,37+,38+,39-,40-,41-,42+,43+,44-,45+,46+,47+,48+,49+,50+,51+,52+,53-,54-,55-,56-,57+,58-,59-,60-/m0/s1. The van der Waals surface area contributed by atoms with Gasteiger partial charge in [0.15, 0.2) is 37.7 Å². The van der Waals surface area contributed by atoms with E-state index in [9.17, 15) is 106 Å². The molecule has 3 amide bonds. The molecule has 0 radical (unpaired) electrons. The van der Waals surface area contributed by atoms with Gasteiger partial charge in [-0.1, -0.05) is 83.3 Å². The zero-order chi connectivity index (χ0) is 70.7. The fourth-order valence-electron chi connectivity index (χ4n) is 12.4. The van der Waals surface area contributed by atoms with Crippen LogP contribution in [-0.4, -0.2) is 352 Å². The highest BCUT2D eigenvalue weighted by Gasteiger charge is 2.58. The number of hydrogen-bond acceptors (Lipinski definition) is 33. The number of unbranched alkanes of at least 4 members (excludes halogenated alkanes) is 11. The first-order valence-electron chi connectivity index (χ1n) is 32.9. The second-order valence-electron chi connectivity index (χ2n) is 25.1. The molecule has 558 valence electrons. The first-order valence-corrected chi connectivity index (χ1v) is 32.9. The van der Waals surface area contributed by atoms with Gasteiger partial charge in [0, 0.05) is 20.8 Å². The van der Waals surface area contributed by atoms with E-state index in [1.54, 1.807) is 6.08 Å². The molecule has 0 saturated carbocycles. The summed E-state index contributed by atoms with van der Waals surface area (Å²) in [4.78, 5) is 37.6. The third-order valence-corrected chi connectivity index (χ3v) is 17.8. The quantitative estimate of drug-likeness (QED) is 0.0205. The van der Waals surface area contributed by atoms with Crippen LogP contribution in [0.3, 0.4) is 0 Å². The van der Waals surface area contributed by atoms with Gasteiger partial charge < -0.3 is 165 Å². The Hall–Kier alpha value is -3.05. The summed E-state index contributed by atoms with van der Waals surface area (Å²) >= 11 is 0. The van der Waals surface area contributed by atoms with Gasteiger partial charge in [0.05, 0.1) is 58.4 Å². The van der Waals surface area contributed by atoms with E-state index in [0.717, 1.165) is 39.5 Å². The van der Waals surface area contributed by atoms with E-state index < -0.39 is 260 Å². The van der Waals surface area contributed by atoms with Gasteiger partial charge in [0.25, 0.3) is 0 Å². The van der Waals surface area contributed by atoms with Crippen LogP contribution in [0.15, 0.2) is 12.2 Å². The number of allylic oxidation sites excluding steroid dienone is 1. The molecule has 6 saturated heterocycles. The van der Waals surface area contributed by atoms with Gasteiger partial charge in [-0.25, -0.2) is 0 Å². The van der Waals surface area contributed by atoms with E-state index in [1.807, 2.05) is 0 Å². The smallest absolute Gasteiger partial charge is 0.217 e. The van der Waals surface area contributed by atoms with Crippen LogP contribution in [0, 0.1) is 0 Å². The number of hydrogen-bond donors (Lipinski definition) is 21. The van der Waals surface area contributed by atoms with Gasteiger partial charge in [-0.15, -0.1) is 0 Å². The maximum absolute atomic E-state index is 12.8. The van der Waals surface area contributed by atoms with Crippen molar-refractivity contribution < 1.29 is 163 Å². The van der Waals surface area contributed by atoms with E-state index >= 15 is 0 Å². The van der Waals surface area contributed by atoms with Gasteiger partial charge in [-0.2, -0.15) is 0 Å². The minimum atomic E-state index is -2.24. The first kappa shape index (κ1) is 81.9. The summed E-state index contributed by atoms with van der Waals surface area (Å²) in [6.07, 6.45) is -38.0. The van der Waals surface area contributed by atoms with Crippen LogP contribution in [0.4, 0.5) is 0 Å². The maximum atomic E-state index is 12.8. The zero-order valence-electron chi connectivity index (χ0n) is 54.2. The molecule has 36 nitrogen and oxygen atoms in total. The summed E-state index contributed by atoms with van der Waals surface area (Å²) in [5.41, 5.74) is 0. The monoisotopic (exact) mass is 1400 g/mol. The SMILES string of the molecule is CCCCCCCCCCCCC/C=C\[C@@H](O)[C@H](CO[C@@H]1O[C@H](CO)[C@@H](O[C@@H]2O[C@H](CO)[C@H](O)[C@H](O[C@@H]3O[C@H](CO)[C@@H](O[C@@H]4O[C@H](CO)[C@H](O)[C@H](O[C@@H]5O[C@H](CO)[C@@H](O[C@@H]6O[C@H](CO)[C@H](O)[C@H](O)[C@H]6O)[C@H](O)[C@H]5NC(C)=O)[C@H]4O)[C@H](O)[C@H]3NC(C)=O)[C@H]2O)[C@H](O)[C@H]1O)NC(C)=O. The number of carbonyl (C=O) groups excluding carboxylic acids is 3. The molecule has 21 N–H and O–H groups in total. The second kappa shape index (κ2) is 40.0. The minimum Gasteiger partial charge on any atom is -0.394 e. The summed E-state index contributed by atoms with van der Waals surface area (Å²) in [5, 5.41) is 205. The molecule has 32 atom stereocenters. The van der Waals surface area contributed by atoms with Crippen molar-refractivity contribution in [2.24, 2.45) is 0 Å². The predicted octanol–water partition coefficient (Wildman–Crippen LogP) is -8.67. The highest BCUT2D eigenvalue weighted by molar-refractivity contribution is 5.74. The van der Waals surface area contributed by atoms with Crippen LogP contribution in [0.2, 0.25) is 0 Å². The number of aliphatic hydroxyl groups is 18. The molecule has 0 unspecified atom stereocenters. The van der Waals surface area contributed by atoms with E-state index in [4.69, 9.17) is 56.8 Å². The minimum absolute atomic E-state index is 0.469. The molecule has 6 aliphatic rings. The second-order valence-corrected chi connectivity index (χ2v) is 25.1.